The van der Waals surface area contributed by atoms with Crippen LogP contribution in [-0.4, -0.2) is 17.3 Å². The van der Waals surface area contributed by atoms with Crippen LogP contribution in [0.5, 0.6) is 0 Å². The van der Waals surface area contributed by atoms with Crippen molar-refractivity contribution < 1.29 is 4.84 Å². The summed E-state index contributed by atoms with van der Waals surface area (Å²) < 4.78 is 0. The first-order chi connectivity index (χ1) is 6.74. The molecule has 4 nitrogen and oxygen atoms in total. The van der Waals surface area contributed by atoms with Crippen molar-refractivity contribution in [2.75, 3.05) is 12.3 Å². The Balaban J connectivity index is 2.47. The van der Waals surface area contributed by atoms with Gasteiger partial charge in [-0.05, 0) is 6.92 Å². The van der Waals surface area contributed by atoms with Crippen LogP contribution in [0.2, 0.25) is 0 Å². The summed E-state index contributed by atoms with van der Waals surface area (Å²) in [4.78, 5) is 9.11. The van der Waals surface area contributed by atoms with E-state index in [1.807, 2.05) is 12.3 Å². The summed E-state index contributed by atoms with van der Waals surface area (Å²) in [6.45, 7) is 5.96. The van der Waals surface area contributed by atoms with Crippen LogP contribution in [0.4, 0.5) is 5.13 Å². The molecule has 1 rings (SSSR count). The lowest BCUT2D eigenvalue weighted by Gasteiger charge is -1.97. The first-order valence-corrected chi connectivity index (χ1v) is 5.11. The fourth-order valence-corrected chi connectivity index (χ4v) is 1.39. The molecular formula is C9H13N3OS. The third kappa shape index (κ3) is 3.18. The molecule has 5 heteroatoms. The van der Waals surface area contributed by atoms with Gasteiger partial charge in [-0.3, -0.25) is 0 Å². The summed E-state index contributed by atoms with van der Waals surface area (Å²) >= 11 is 1.39. The number of thiazole rings is 1. The highest BCUT2D eigenvalue weighted by Gasteiger charge is 2.02. The van der Waals surface area contributed by atoms with Gasteiger partial charge < -0.3 is 10.6 Å². The zero-order chi connectivity index (χ0) is 10.4. The maximum Gasteiger partial charge on any atom is 0.180 e. The molecular weight excluding hydrogens is 198 g/mol. The second-order valence-electron chi connectivity index (χ2n) is 2.66. The third-order valence-corrected chi connectivity index (χ3v) is 2.18. The van der Waals surface area contributed by atoms with Crippen LogP contribution in [0.15, 0.2) is 23.2 Å². The minimum Gasteiger partial charge on any atom is -0.395 e. The van der Waals surface area contributed by atoms with E-state index in [1.165, 1.54) is 11.3 Å². The van der Waals surface area contributed by atoms with Crippen LogP contribution >= 0.6 is 11.3 Å². The second-order valence-corrected chi connectivity index (χ2v) is 3.55. The molecule has 1 aromatic rings. The number of anilines is 1. The van der Waals surface area contributed by atoms with Gasteiger partial charge in [0.2, 0.25) is 0 Å². The summed E-state index contributed by atoms with van der Waals surface area (Å²) in [5.74, 6) is 0. The number of nitrogens with zero attached hydrogens (tertiary/aromatic N) is 2. The minimum atomic E-state index is 0.542. The van der Waals surface area contributed by atoms with E-state index in [1.54, 1.807) is 6.08 Å². The van der Waals surface area contributed by atoms with Gasteiger partial charge in [0.15, 0.2) is 5.13 Å². The van der Waals surface area contributed by atoms with Gasteiger partial charge in [0, 0.05) is 11.8 Å². The van der Waals surface area contributed by atoms with Crippen LogP contribution in [-0.2, 0) is 4.84 Å². The molecule has 0 atom stereocenters. The number of oxime groups is 1. The van der Waals surface area contributed by atoms with Crippen molar-refractivity contribution >= 4 is 22.2 Å². The number of nitrogen functional groups attached to an aromatic ring is 1. The predicted octanol–water partition coefficient (Wildman–Crippen LogP) is 2.04. The Morgan fingerprint density at radius 1 is 1.86 bits per heavy atom. The number of aromatic nitrogens is 1. The molecule has 0 radical (unpaired) electrons. The van der Waals surface area contributed by atoms with Crippen molar-refractivity contribution in [2.45, 2.75) is 13.3 Å². The van der Waals surface area contributed by atoms with Gasteiger partial charge in [-0.15, -0.1) is 17.9 Å². The summed E-state index contributed by atoms with van der Waals surface area (Å²) in [6, 6.07) is 0. The smallest absolute Gasteiger partial charge is 0.180 e. The standard InChI is InChI=1S/C9H13N3OS/c1-3-4-5-13-12-7(2)8-6-14-9(10)11-8/h3,6H,1,4-5H2,2H3,(H2,10,11)/b12-7-. The molecule has 0 aromatic carbocycles. The first kappa shape index (κ1) is 10.7. The average molecular weight is 211 g/mol. The van der Waals surface area contributed by atoms with E-state index < -0.39 is 0 Å². The molecule has 76 valence electrons. The molecule has 0 unspecified atom stereocenters. The topological polar surface area (TPSA) is 60.5 Å². The fraction of sp³-hybridized carbons (Fsp3) is 0.333. The number of rotatable bonds is 5. The molecule has 0 aliphatic carbocycles. The van der Waals surface area contributed by atoms with Crippen molar-refractivity contribution in [3.63, 3.8) is 0 Å². The summed E-state index contributed by atoms with van der Waals surface area (Å²) in [5, 5.41) is 6.30. The van der Waals surface area contributed by atoms with Gasteiger partial charge in [0.1, 0.15) is 18.0 Å². The Morgan fingerprint density at radius 2 is 2.64 bits per heavy atom. The van der Waals surface area contributed by atoms with E-state index in [0.29, 0.717) is 11.7 Å². The highest BCUT2D eigenvalue weighted by molar-refractivity contribution is 7.13. The minimum absolute atomic E-state index is 0.542. The van der Waals surface area contributed by atoms with Crippen LogP contribution < -0.4 is 5.73 Å². The van der Waals surface area contributed by atoms with Gasteiger partial charge in [0.05, 0.1) is 0 Å². The van der Waals surface area contributed by atoms with Gasteiger partial charge in [-0.25, -0.2) is 4.98 Å². The van der Waals surface area contributed by atoms with E-state index in [2.05, 4.69) is 16.7 Å². The number of hydrogen-bond donors (Lipinski definition) is 1. The lowest BCUT2D eigenvalue weighted by Crippen LogP contribution is -1.98. The van der Waals surface area contributed by atoms with Gasteiger partial charge in [-0.1, -0.05) is 11.2 Å². The fourth-order valence-electron chi connectivity index (χ4n) is 0.779. The highest BCUT2D eigenvalue weighted by atomic mass is 32.1. The number of nitrogens with two attached hydrogens (primary N) is 1. The Hall–Kier alpha value is -1.36. The summed E-state index contributed by atoms with van der Waals surface area (Å²) in [6.07, 6.45) is 2.57. The Morgan fingerprint density at radius 3 is 3.21 bits per heavy atom. The molecule has 0 saturated carbocycles. The molecule has 0 fully saturated rings. The van der Waals surface area contributed by atoms with Crippen LogP contribution in [0.1, 0.15) is 19.0 Å². The van der Waals surface area contributed by atoms with E-state index in [0.717, 1.165) is 17.8 Å². The predicted molar refractivity (Wildman–Crippen MR) is 59.5 cm³/mol. The highest BCUT2D eigenvalue weighted by Crippen LogP contribution is 2.11. The van der Waals surface area contributed by atoms with Crippen LogP contribution in [0.3, 0.4) is 0 Å². The van der Waals surface area contributed by atoms with Crippen LogP contribution in [0, 0.1) is 0 Å². The SMILES string of the molecule is C=CCCO/N=C(/C)c1csc(N)n1. The normalized spacial score (nSPS) is 11.4. The largest absolute Gasteiger partial charge is 0.395 e. The molecule has 14 heavy (non-hydrogen) atoms. The Kier molecular flexibility index (Phi) is 4.12. The van der Waals surface area contributed by atoms with E-state index in [9.17, 15) is 0 Å². The molecule has 2 N–H and O–H groups in total. The van der Waals surface area contributed by atoms with Gasteiger partial charge >= 0.3 is 0 Å². The van der Waals surface area contributed by atoms with Crippen molar-refractivity contribution in [3.8, 4) is 0 Å². The van der Waals surface area contributed by atoms with E-state index in [4.69, 9.17) is 10.6 Å². The van der Waals surface area contributed by atoms with E-state index in [-0.39, 0.29) is 0 Å². The molecule has 1 heterocycles. The van der Waals surface area contributed by atoms with Crippen molar-refractivity contribution in [3.05, 3.63) is 23.7 Å². The quantitative estimate of drug-likeness (QED) is 0.351. The number of hydrogen-bond acceptors (Lipinski definition) is 5. The Bertz CT molecular complexity index is 333. The first-order valence-electron chi connectivity index (χ1n) is 4.23. The molecule has 0 aliphatic rings. The lowest BCUT2D eigenvalue weighted by atomic mass is 10.3. The molecule has 1 aromatic heterocycles. The molecule has 0 saturated heterocycles. The summed E-state index contributed by atoms with van der Waals surface area (Å²) in [7, 11) is 0. The Labute approximate surface area is 87.1 Å². The van der Waals surface area contributed by atoms with E-state index >= 15 is 0 Å². The zero-order valence-corrected chi connectivity index (χ0v) is 8.88. The average Bonchev–Trinajstić information content (AvgIpc) is 2.59. The van der Waals surface area contributed by atoms with Crippen molar-refractivity contribution in [2.24, 2.45) is 5.16 Å². The molecule has 0 bridgehead atoms. The molecule has 0 aliphatic heterocycles. The van der Waals surface area contributed by atoms with Crippen molar-refractivity contribution in [1.82, 2.24) is 4.98 Å². The lowest BCUT2D eigenvalue weighted by molar-refractivity contribution is 0.149. The second kappa shape index (κ2) is 5.39. The van der Waals surface area contributed by atoms with Crippen molar-refractivity contribution in [1.29, 1.82) is 0 Å². The molecule has 0 amide bonds. The molecule has 0 spiro atoms. The van der Waals surface area contributed by atoms with Crippen LogP contribution in [0.25, 0.3) is 0 Å². The maximum atomic E-state index is 5.49. The monoisotopic (exact) mass is 211 g/mol. The van der Waals surface area contributed by atoms with Gasteiger partial charge in [-0.2, -0.15) is 0 Å². The third-order valence-electron chi connectivity index (χ3n) is 1.51. The maximum absolute atomic E-state index is 5.49. The van der Waals surface area contributed by atoms with Gasteiger partial charge in [0.25, 0.3) is 0 Å². The zero-order valence-electron chi connectivity index (χ0n) is 8.06. The summed E-state index contributed by atoms with van der Waals surface area (Å²) in [5.41, 5.74) is 7.00.